The van der Waals surface area contributed by atoms with E-state index < -0.39 is 0 Å². The summed E-state index contributed by atoms with van der Waals surface area (Å²) in [4.78, 5) is 18.7. The SMILES string of the molecule is Nc1sc(-c2ccc(N3CCCCC3)nc2)cc1C=O. The molecule has 0 radical (unpaired) electrons. The zero-order chi connectivity index (χ0) is 13.9. The molecule has 0 spiro atoms. The smallest absolute Gasteiger partial charge is 0.153 e. The van der Waals surface area contributed by atoms with E-state index in [4.69, 9.17) is 5.73 Å². The molecule has 0 saturated carbocycles. The van der Waals surface area contributed by atoms with Crippen LogP contribution in [0.4, 0.5) is 10.8 Å². The highest BCUT2D eigenvalue weighted by Crippen LogP contribution is 2.33. The minimum Gasteiger partial charge on any atom is -0.390 e. The van der Waals surface area contributed by atoms with Crippen molar-refractivity contribution < 1.29 is 4.79 Å². The summed E-state index contributed by atoms with van der Waals surface area (Å²) in [5, 5.41) is 0.565. The van der Waals surface area contributed by atoms with Crippen LogP contribution in [0.25, 0.3) is 10.4 Å². The Morgan fingerprint density at radius 2 is 2.05 bits per heavy atom. The summed E-state index contributed by atoms with van der Waals surface area (Å²) >= 11 is 1.43. The molecule has 4 nitrogen and oxygen atoms in total. The molecule has 2 aromatic rings. The summed E-state index contributed by atoms with van der Waals surface area (Å²) in [6, 6.07) is 5.93. The molecule has 3 rings (SSSR count). The Hall–Kier alpha value is -1.88. The summed E-state index contributed by atoms with van der Waals surface area (Å²) in [7, 11) is 0. The van der Waals surface area contributed by atoms with E-state index >= 15 is 0 Å². The number of aldehydes is 1. The number of hydrogen-bond donors (Lipinski definition) is 1. The fraction of sp³-hybridized carbons (Fsp3) is 0.333. The summed E-state index contributed by atoms with van der Waals surface area (Å²) in [6.45, 7) is 2.18. The molecule has 0 atom stereocenters. The first-order valence-corrected chi connectivity index (χ1v) is 7.65. The van der Waals surface area contributed by atoms with Gasteiger partial charge in [0.15, 0.2) is 6.29 Å². The Morgan fingerprint density at radius 3 is 2.65 bits per heavy atom. The van der Waals surface area contributed by atoms with Gasteiger partial charge in [-0.15, -0.1) is 11.3 Å². The third kappa shape index (κ3) is 2.54. The van der Waals surface area contributed by atoms with Crippen molar-refractivity contribution in [2.45, 2.75) is 19.3 Å². The van der Waals surface area contributed by atoms with Gasteiger partial charge in [-0.1, -0.05) is 0 Å². The molecule has 104 valence electrons. The van der Waals surface area contributed by atoms with E-state index in [1.54, 1.807) is 0 Å². The first-order valence-electron chi connectivity index (χ1n) is 6.84. The van der Waals surface area contributed by atoms with Gasteiger partial charge in [-0.05, 0) is 37.5 Å². The van der Waals surface area contributed by atoms with Gasteiger partial charge in [0.05, 0.1) is 5.00 Å². The Morgan fingerprint density at radius 1 is 1.25 bits per heavy atom. The number of pyridine rings is 1. The van der Waals surface area contributed by atoms with Crippen molar-refractivity contribution in [2.24, 2.45) is 0 Å². The van der Waals surface area contributed by atoms with Crippen LogP contribution in [0.5, 0.6) is 0 Å². The number of nitrogens with two attached hydrogens (primary N) is 1. The van der Waals surface area contributed by atoms with E-state index in [9.17, 15) is 4.79 Å². The summed E-state index contributed by atoms with van der Waals surface area (Å²) in [5.74, 6) is 1.04. The van der Waals surface area contributed by atoms with Crippen LogP contribution in [-0.2, 0) is 0 Å². The quantitative estimate of drug-likeness (QED) is 0.881. The number of hydrogen-bond acceptors (Lipinski definition) is 5. The maximum absolute atomic E-state index is 10.8. The minimum absolute atomic E-state index is 0.560. The van der Waals surface area contributed by atoms with Crippen LogP contribution in [0.2, 0.25) is 0 Å². The molecule has 1 fully saturated rings. The summed E-state index contributed by atoms with van der Waals surface area (Å²) in [6.07, 6.45) is 6.47. The molecule has 0 bridgehead atoms. The number of aromatic nitrogens is 1. The molecule has 3 heterocycles. The van der Waals surface area contributed by atoms with Crippen LogP contribution in [0, 0.1) is 0 Å². The first kappa shape index (κ1) is 13.1. The number of anilines is 2. The molecule has 0 aliphatic carbocycles. The second-order valence-electron chi connectivity index (χ2n) is 5.00. The van der Waals surface area contributed by atoms with Crippen LogP contribution < -0.4 is 10.6 Å². The highest BCUT2D eigenvalue weighted by Gasteiger charge is 2.13. The lowest BCUT2D eigenvalue weighted by Crippen LogP contribution is -2.29. The lowest BCUT2D eigenvalue weighted by molar-refractivity contribution is 0.112. The van der Waals surface area contributed by atoms with E-state index in [1.807, 2.05) is 12.3 Å². The van der Waals surface area contributed by atoms with Gasteiger partial charge in [0.25, 0.3) is 0 Å². The Balaban J connectivity index is 1.82. The van der Waals surface area contributed by atoms with Crippen molar-refractivity contribution in [3.8, 4) is 10.4 Å². The predicted octanol–water partition coefficient (Wildman–Crippen LogP) is 3.20. The van der Waals surface area contributed by atoms with E-state index in [0.29, 0.717) is 10.6 Å². The largest absolute Gasteiger partial charge is 0.390 e. The van der Waals surface area contributed by atoms with Crippen LogP contribution in [-0.4, -0.2) is 24.4 Å². The fourth-order valence-corrected chi connectivity index (χ4v) is 3.38. The van der Waals surface area contributed by atoms with E-state index in [1.165, 1.54) is 30.6 Å². The normalized spacial score (nSPS) is 15.3. The van der Waals surface area contributed by atoms with Gasteiger partial charge in [0.1, 0.15) is 5.82 Å². The lowest BCUT2D eigenvalue weighted by Gasteiger charge is -2.27. The Bertz CT molecular complexity index is 600. The van der Waals surface area contributed by atoms with Crippen molar-refractivity contribution in [1.82, 2.24) is 4.98 Å². The molecular weight excluding hydrogens is 270 g/mol. The first-order chi connectivity index (χ1) is 9.78. The van der Waals surface area contributed by atoms with Gasteiger partial charge in [-0.3, -0.25) is 4.79 Å². The van der Waals surface area contributed by atoms with Crippen molar-refractivity contribution in [3.63, 3.8) is 0 Å². The zero-order valence-electron chi connectivity index (χ0n) is 11.2. The van der Waals surface area contributed by atoms with Gasteiger partial charge in [0.2, 0.25) is 0 Å². The monoisotopic (exact) mass is 287 g/mol. The van der Waals surface area contributed by atoms with Crippen molar-refractivity contribution >= 4 is 28.4 Å². The molecule has 20 heavy (non-hydrogen) atoms. The molecule has 2 N–H and O–H groups in total. The average Bonchev–Trinajstić information content (AvgIpc) is 2.89. The van der Waals surface area contributed by atoms with Gasteiger partial charge in [0, 0.05) is 35.3 Å². The molecule has 0 amide bonds. The van der Waals surface area contributed by atoms with E-state index in [-0.39, 0.29) is 0 Å². The second-order valence-corrected chi connectivity index (χ2v) is 6.08. The molecule has 2 aromatic heterocycles. The van der Waals surface area contributed by atoms with Gasteiger partial charge < -0.3 is 10.6 Å². The van der Waals surface area contributed by atoms with Crippen molar-refractivity contribution in [1.29, 1.82) is 0 Å². The van der Waals surface area contributed by atoms with Crippen LogP contribution >= 0.6 is 11.3 Å². The molecular formula is C15H17N3OS. The number of rotatable bonds is 3. The third-order valence-electron chi connectivity index (χ3n) is 3.63. The topological polar surface area (TPSA) is 59.2 Å². The Kier molecular flexibility index (Phi) is 3.69. The third-order valence-corrected chi connectivity index (χ3v) is 4.66. The molecule has 0 unspecified atom stereocenters. The summed E-state index contributed by atoms with van der Waals surface area (Å²) in [5.41, 5.74) is 7.36. The van der Waals surface area contributed by atoms with Gasteiger partial charge >= 0.3 is 0 Å². The number of carbonyl (C=O) groups excluding carboxylic acids is 1. The minimum atomic E-state index is 0.560. The summed E-state index contributed by atoms with van der Waals surface area (Å²) < 4.78 is 0. The maximum Gasteiger partial charge on any atom is 0.153 e. The van der Waals surface area contributed by atoms with Gasteiger partial charge in [-0.25, -0.2) is 4.98 Å². The number of carbonyl (C=O) groups is 1. The van der Waals surface area contributed by atoms with Gasteiger partial charge in [-0.2, -0.15) is 0 Å². The van der Waals surface area contributed by atoms with E-state index in [2.05, 4.69) is 22.0 Å². The highest BCUT2D eigenvalue weighted by molar-refractivity contribution is 7.19. The van der Waals surface area contributed by atoms with Crippen molar-refractivity contribution in [3.05, 3.63) is 30.0 Å². The number of piperidine rings is 1. The van der Waals surface area contributed by atoms with Crippen molar-refractivity contribution in [2.75, 3.05) is 23.7 Å². The number of nitrogen functional groups attached to an aromatic ring is 1. The van der Waals surface area contributed by atoms with Crippen LogP contribution in [0.1, 0.15) is 29.6 Å². The molecule has 1 saturated heterocycles. The second kappa shape index (κ2) is 5.63. The average molecular weight is 287 g/mol. The predicted molar refractivity (Wildman–Crippen MR) is 83.4 cm³/mol. The highest BCUT2D eigenvalue weighted by atomic mass is 32.1. The zero-order valence-corrected chi connectivity index (χ0v) is 12.0. The fourth-order valence-electron chi connectivity index (χ4n) is 2.50. The molecule has 0 aromatic carbocycles. The Labute approximate surface area is 122 Å². The number of nitrogens with zero attached hydrogens (tertiary/aromatic N) is 2. The van der Waals surface area contributed by atoms with E-state index in [0.717, 1.165) is 35.6 Å². The maximum atomic E-state index is 10.8. The molecule has 1 aliphatic heterocycles. The van der Waals surface area contributed by atoms with Crippen LogP contribution in [0.15, 0.2) is 24.4 Å². The molecule has 1 aliphatic rings. The number of thiophene rings is 1. The lowest BCUT2D eigenvalue weighted by atomic mass is 10.1. The van der Waals surface area contributed by atoms with Crippen LogP contribution in [0.3, 0.4) is 0 Å². The molecule has 5 heteroatoms. The standard InChI is InChI=1S/C15H17N3OS/c16-15-12(10-19)8-13(20-15)11-4-5-14(17-9-11)18-6-2-1-3-7-18/h4-5,8-10H,1-3,6-7,16H2.